The molecule has 0 fully saturated rings. The van der Waals surface area contributed by atoms with Crippen molar-refractivity contribution in [2.24, 2.45) is 0 Å². The minimum Gasteiger partial charge on any atom is -0.507 e. The molecule has 0 saturated heterocycles. The normalized spacial score (nSPS) is 12.2. The molecular weight excluding hydrogens is 220 g/mol. The van der Waals surface area contributed by atoms with Crippen molar-refractivity contribution in [3.63, 3.8) is 0 Å². The highest BCUT2D eigenvalue weighted by Gasteiger charge is 2.23. The maximum absolute atomic E-state index is 11.2. The van der Waals surface area contributed by atoms with Gasteiger partial charge in [-0.05, 0) is 36.5 Å². The summed E-state index contributed by atoms with van der Waals surface area (Å²) in [6.45, 7) is 5.72. The zero-order valence-corrected chi connectivity index (χ0v) is 10.6. The fourth-order valence-corrected chi connectivity index (χ4v) is 1.87. The zero-order chi connectivity index (χ0) is 13.2. The Morgan fingerprint density at radius 2 is 2.12 bits per heavy atom. The van der Waals surface area contributed by atoms with Crippen LogP contribution in [0.25, 0.3) is 0 Å². The van der Waals surface area contributed by atoms with Crippen LogP contribution in [0.2, 0.25) is 0 Å². The number of phenols is 1. The molecular formula is C13H18O4. The molecule has 0 spiro atoms. The Bertz CT molecular complexity index is 438. The number of aromatic carboxylic acids is 1. The molecule has 4 heteroatoms. The lowest BCUT2D eigenvalue weighted by Crippen LogP contribution is -2.06. The number of aryl methyl sites for hydroxylation is 1. The molecule has 1 aromatic carbocycles. The van der Waals surface area contributed by atoms with Gasteiger partial charge in [0.05, 0.1) is 7.11 Å². The van der Waals surface area contributed by atoms with E-state index < -0.39 is 5.97 Å². The molecule has 0 aliphatic carbocycles. The molecule has 1 unspecified atom stereocenters. The van der Waals surface area contributed by atoms with E-state index in [-0.39, 0.29) is 23.0 Å². The van der Waals surface area contributed by atoms with Crippen LogP contribution < -0.4 is 4.74 Å². The minimum atomic E-state index is -1.17. The summed E-state index contributed by atoms with van der Waals surface area (Å²) in [7, 11) is 1.40. The van der Waals surface area contributed by atoms with Crippen molar-refractivity contribution in [2.45, 2.75) is 33.1 Å². The number of hydrogen-bond donors (Lipinski definition) is 2. The average molecular weight is 238 g/mol. The first kappa shape index (κ1) is 13.4. The number of carboxylic acids is 1. The van der Waals surface area contributed by atoms with Gasteiger partial charge in [0.25, 0.3) is 0 Å². The highest BCUT2D eigenvalue weighted by atomic mass is 16.5. The number of aromatic hydroxyl groups is 1. The van der Waals surface area contributed by atoms with Gasteiger partial charge in [-0.3, -0.25) is 0 Å². The van der Waals surface area contributed by atoms with Crippen molar-refractivity contribution in [3.05, 3.63) is 22.8 Å². The van der Waals surface area contributed by atoms with Crippen LogP contribution in [-0.4, -0.2) is 23.3 Å². The molecule has 1 aromatic rings. The van der Waals surface area contributed by atoms with Crippen LogP contribution in [0.4, 0.5) is 0 Å². The molecule has 0 radical (unpaired) electrons. The fourth-order valence-electron chi connectivity index (χ4n) is 1.87. The molecule has 94 valence electrons. The number of benzene rings is 1. The Morgan fingerprint density at radius 1 is 1.53 bits per heavy atom. The number of ether oxygens (including phenoxy) is 1. The standard InChI is InChI=1S/C13H18O4/c1-5-7(2)9-6-8(3)12(17-4)10(11(9)14)13(15)16/h6-7,14H,5H2,1-4H3,(H,15,16). The molecule has 0 aromatic heterocycles. The largest absolute Gasteiger partial charge is 0.507 e. The van der Waals surface area contributed by atoms with E-state index in [1.54, 1.807) is 13.0 Å². The summed E-state index contributed by atoms with van der Waals surface area (Å²) in [6.07, 6.45) is 0.832. The molecule has 0 amide bonds. The van der Waals surface area contributed by atoms with Crippen LogP contribution in [-0.2, 0) is 0 Å². The van der Waals surface area contributed by atoms with Crippen molar-refractivity contribution in [1.82, 2.24) is 0 Å². The number of carbonyl (C=O) groups is 1. The first-order chi connectivity index (χ1) is 7.93. The van der Waals surface area contributed by atoms with Gasteiger partial charge in [0.2, 0.25) is 0 Å². The molecule has 0 aliphatic heterocycles. The molecule has 1 rings (SSSR count). The monoisotopic (exact) mass is 238 g/mol. The molecule has 0 heterocycles. The van der Waals surface area contributed by atoms with Crippen LogP contribution in [0, 0.1) is 6.92 Å². The Labute approximate surface area is 101 Å². The number of methoxy groups -OCH3 is 1. The van der Waals surface area contributed by atoms with E-state index in [2.05, 4.69) is 0 Å². The maximum Gasteiger partial charge on any atom is 0.343 e. The Kier molecular flexibility index (Phi) is 3.99. The van der Waals surface area contributed by atoms with Gasteiger partial charge < -0.3 is 14.9 Å². The summed E-state index contributed by atoms with van der Waals surface area (Å²) in [6, 6.07) is 1.79. The second-order valence-corrected chi connectivity index (χ2v) is 4.15. The second kappa shape index (κ2) is 5.08. The lowest BCUT2D eigenvalue weighted by atomic mass is 9.92. The summed E-state index contributed by atoms with van der Waals surface area (Å²) in [4.78, 5) is 11.2. The van der Waals surface area contributed by atoms with Crippen LogP contribution in [0.1, 0.15) is 47.7 Å². The Morgan fingerprint density at radius 3 is 2.53 bits per heavy atom. The summed E-state index contributed by atoms with van der Waals surface area (Å²) < 4.78 is 5.05. The van der Waals surface area contributed by atoms with Crippen molar-refractivity contribution < 1.29 is 19.7 Å². The fraction of sp³-hybridized carbons (Fsp3) is 0.462. The maximum atomic E-state index is 11.2. The zero-order valence-electron chi connectivity index (χ0n) is 10.6. The first-order valence-electron chi connectivity index (χ1n) is 5.57. The van der Waals surface area contributed by atoms with Crippen LogP contribution >= 0.6 is 0 Å². The summed E-state index contributed by atoms with van der Waals surface area (Å²) in [5, 5.41) is 19.2. The number of carboxylic acid groups (broad SMARTS) is 1. The van der Waals surface area contributed by atoms with Crippen molar-refractivity contribution in [3.8, 4) is 11.5 Å². The van der Waals surface area contributed by atoms with Crippen LogP contribution in [0.5, 0.6) is 11.5 Å². The van der Waals surface area contributed by atoms with Gasteiger partial charge in [-0.25, -0.2) is 4.79 Å². The van der Waals surface area contributed by atoms with Crippen molar-refractivity contribution in [1.29, 1.82) is 0 Å². The number of rotatable bonds is 4. The van der Waals surface area contributed by atoms with Gasteiger partial charge >= 0.3 is 5.97 Å². The van der Waals surface area contributed by atoms with Gasteiger partial charge in [0.15, 0.2) is 0 Å². The predicted molar refractivity (Wildman–Crippen MR) is 65.1 cm³/mol. The minimum absolute atomic E-state index is 0.109. The third-order valence-electron chi connectivity index (χ3n) is 3.03. The first-order valence-corrected chi connectivity index (χ1v) is 5.57. The highest BCUT2D eigenvalue weighted by molar-refractivity contribution is 5.95. The quantitative estimate of drug-likeness (QED) is 0.846. The molecule has 4 nitrogen and oxygen atoms in total. The van der Waals surface area contributed by atoms with Crippen molar-refractivity contribution >= 4 is 5.97 Å². The Hall–Kier alpha value is -1.71. The van der Waals surface area contributed by atoms with Gasteiger partial charge in [-0.15, -0.1) is 0 Å². The van der Waals surface area contributed by atoms with Gasteiger partial charge in [0, 0.05) is 0 Å². The van der Waals surface area contributed by atoms with E-state index in [9.17, 15) is 9.90 Å². The third kappa shape index (κ3) is 2.35. The van der Waals surface area contributed by atoms with Gasteiger partial charge in [0.1, 0.15) is 17.1 Å². The Balaban J connectivity index is 3.54. The average Bonchev–Trinajstić information content (AvgIpc) is 2.29. The summed E-state index contributed by atoms with van der Waals surface area (Å²) >= 11 is 0. The summed E-state index contributed by atoms with van der Waals surface area (Å²) in [5.41, 5.74) is 1.23. The van der Waals surface area contributed by atoms with Crippen LogP contribution in [0.3, 0.4) is 0 Å². The SMILES string of the molecule is CCC(C)c1cc(C)c(OC)c(C(=O)O)c1O. The van der Waals surface area contributed by atoms with E-state index in [0.717, 1.165) is 12.0 Å². The van der Waals surface area contributed by atoms with E-state index >= 15 is 0 Å². The molecule has 17 heavy (non-hydrogen) atoms. The lowest BCUT2D eigenvalue weighted by Gasteiger charge is -2.17. The molecule has 0 saturated carbocycles. The van der Waals surface area contributed by atoms with E-state index in [0.29, 0.717) is 5.56 Å². The molecule has 0 bridgehead atoms. The molecule has 1 atom stereocenters. The lowest BCUT2D eigenvalue weighted by molar-refractivity contribution is 0.0689. The predicted octanol–water partition coefficient (Wildman–Crippen LogP) is 2.92. The summed E-state index contributed by atoms with van der Waals surface area (Å²) in [5.74, 6) is -1.03. The van der Waals surface area contributed by atoms with E-state index in [1.165, 1.54) is 7.11 Å². The second-order valence-electron chi connectivity index (χ2n) is 4.15. The smallest absolute Gasteiger partial charge is 0.343 e. The van der Waals surface area contributed by atoms with Gasteiger partial charge in [-0.1, -0.05) is 13.8 Å². The molecule has 2 N–H and O–H groups in total. The topological polar surface area (TPSA) is 66.8 Å². The number of hydrogen-bond acceptors (Lipinski definition) is 3. The van der Waals surface area contributed by atoms with Gasteiger partial charge in [-0.2, -0.15) is 0 Å². The van der Waals surface area contributed by atoms with E-state index in [4.69, 9.17) is 9.84 Å². The molecule has 0 aliphatic rings. The van der Waals surface area contributed by atoms with Crippen LogP contribution in [0.15, 0.2) is 6.07 Å². The third-order valence-corrected chi connectivity index (χ3v) is 3.03. The highest BCUT2D eigenvalue weighted by Crippen LogP contribution is 2.38. The van der Waals surface area contributed by atoms with Crippen molar-refractivity contribution in [2.75, 3.05) is 7.11 Å². The van der Waals surface area contributed by atoms with E-state index in [1.807, 2.05) is 13.8 Å².